The van der Waals surface area contributed by atoms with E-state index in [4.69, 9.17) is 0 Å². The molecule has 0 amide bonds. The quantitative estimate of drug-likeness (QED) is 0.557. The van der Waals surface area contributed by atoms with Crippen LogP contribution in [0.15, 0.2) is 30.3 Å². The average Bonchev–Trinajstić information content (AvgIpc) is 3.30. The molecule has 0 bridgehead atoms. The summed E-state index contributed by atoms with van der Waals surface area (Å²) in [5.74, 6) is 0.875. The summed E-state index contributed by atoms with van der Waals surface area (Å²) in [7, 11) is 0. The van der Waals surface area contributed by atoms with Gasteiger partial charge in [0.05, 0.1) is 0 Å². The Bertz CT molecular complexity index is 355. The first-order valence-electron chi connectivity index (χ1n) is 8.62. The Morgan fingerprint density at radius 3 is 2.40 bits per heavy atom. The van der Waals surface area contributed by atoms with E-state index in [0.29, 0.717) is 12.1 Å². The molecule has 0 aromatic heterocycles. The molecule has 0 heterocycles. The third kappa shape index (κ3) is 5.28. The summed E-state index contributed by atoms with van der Waals surface area (Å²) < 4.78 is 0. The van der Waals surface area contributed by atoms with Crippen molar-refractivity contribution in [1.82, 2.24) is 5.32 Å². The highest BCUT2D eigenvalue weighted by Crippen LogP contribution is 2.41. The van der Waals surface area contributed by atoms with E-state index < -0.39 is 0 Å². The van der Waals surface area contributed by atoms with E-state index in [9.17, 15) is 0 Å². The van der Waals surface area contributed by atoms with Gasteiger partial charge in [0.15, 0.2) is 0 Å². The van der Waals surface area contributed by atoms with Gasteiger partial charge in [-0.2, -0.15) is 0 Å². The molecule has 20 heavy (non-hydrogen) atoms. The first kappa shape index (κ1) is 15.6. The van der Waals surface area contributed by atoms with Crippen molar-refractivity contribution < 1.29 is 0 Å². The topological polar surface area (TPSA) is 12.0 Å². The molecule has 2 unspecified atom stereocenters. The molecule has 1 N–H and O–H groups in total. The van der Waals surface area contributed by atoms with E-state index in [1.807, 2.05) is 0 Å². The van der Waals surface area contributed by atoms with Crippen molar-refractivity contribution in [2.45, 2.75) is 77.3 Å². The zero-order valence-electron chi connectivity index (χ0n) is 13.3. The fraction of sp³-hybridized carbons (Fsp3) is 0.684. The van der Waals surface area contributed by atoms with Crippen LogP contribution in [0.2, 0.25) is 0 Å². The van der Waals surface area contributed by atoms with E-state index in [0.717, 1.165) is 5.92 Å². The van der Waals surface area contributed by atoms with Crippen LogP contribution >= 0.6 is 0 Å². The van der Waals surface area contributed by atoms with Crippen molar-refractivity contribution >= 4 is 0 Å². The highest BCUT2D eigenvalue weighted by molar-refractivity contribution is 5.21. The second-order valence-corrected chi connectivity index (χ2v) is 6.50. The van der Waals surface area contributed by atoms with E-state index >= 15 is 0 Å². The van der Waals surface area contributed by atoms with Gasteiger partial charge in [0.1, 0.15) is 0 Å². The molecular weight excluding hydrogens is 242 g/mol. The Morgan fingerprint density at radius 2 is 1.75 bits per heavy atom. The zero-order chi connectivity index (χ0) is 14.2. The lowest BCUT2D eigenvalue weighted by atomic mass is 10.00. The van der Waals surface area contributed by atoms with Gasteiger partial charge >= 0.3 is 0 Å². The van der Waals surface area contributed by atoms with Gasteiger partial charge in [-0.25, -0.2) is 0 Å². The molecule has 1 heteroatoms. The van der Waals surface area contributed by atoms with Gasteiger partial charge in [-0.3, -0.25) is 0 Å². The number of nitrogens with one attached hydrogen (secondary N) is 1. The Hall–Kier alpha value is -0.820. The van der Waals surface area contributed by atoms with E-state index in [-0.39, 0.29) is 0 Å². The van der Waals surface area contributed by atoms with Crippen LogP contribution in [-0.2, 0) is 0 Å². The lowest BCUT2D eigenvalue weighted by Crippen LogP contribution is -2.31. The largest absolute Gasteiger partial charge is 0.307 e. The summed E-state index contributed by atoms with van der Waals surface area (Å²) in [5.41, 5.74) is 1.48. The Balaban J connectivity index is 1.74. The predicted octanol–water partition coefficient (Wildman–Crippen LogP) is 5.48. The van der Waals surface area contributed by atoms with Crippen molar-refractivity contribution in [3.05, 3.63) is 35.9 Å². The van der Waals surface area contributed by atoms with Crippen LogP contribution in [0.5, 0.6) is 0 Å². The Labute approximate surface area is 125 Å². The molecule has 1 fully saturated rings. The molecule has 0 saturated heterocycles. The van der Waals surface area contributed by atoms with Crippen molar-refractivity contribution in [3.8, 4) is 0 Å². The monoisotopic (exact) mass is 273 g/mol. The maximum atomic E-state index is 3.89. The highest BCUT2D eigenvalue weighted by Gasteiger charge is 2.32. The molecule has 1 nitrogen and oxygen atoms in total. The molecule has 0 aliphatic heterocycles. The Kier molecular flexibility index (Phi) is 6.59. The summed E-state index contributed by atoms with van der Waals surface area (Å²) in [4.78, 5) is 0. The van der Waals surface area contributed by atoms with Crippen molar-refractivity contribution in [1.29, 1.82) is 0 Å². The molecular formula is C19H31N. The lowest BCUT2D eigenvalue weighted by Gasteiger charge is -2.24. The fourth-order valence-electron chi connectivity index (χ4n) is 3.04. The van der Waals surface area contributed by atoms with Crippen molar-refractivity contribution in [3.63, 3.8) is 0 Å². The molecule has 2 rings (SSSR count). The van der Waals surface area contributed by atoms with E-state index in [1.54, 1.807) is 0 Å². The minimum Gasteiger partial charge on any atom is -0.307 e. The summed E-state index contributed by atoms with van der Waals surface area (Å²) in [6.45, 7) is 4.64. The first-order valence-corrected chi connectivity index (χ1v) is 8.62. The predicted molar refractivity (Wildman–Crippen MR) is 87.9 cm³/mol. The normalized spacial score (nSPS) is 17.9. The van der Waals surface area contributed by atoms with Crippen LogP contribution < -0.4 is 5.32 Å². The third-order valence-corrected chi connectivity index (χ3v) is 4.46. The second kappa shape index (κ2) is 8.46. The summed E-state index contributed by atoms with van der Waals surface area (Å²) in [6.07, 6.45) is 11.0. The van der Waals surface area contributed by atoms with Crippen LogP contribution in [0, 0.1) is 5.92 Å². The minimum atomic E-state index is 0.585. The summed E-state index contributed by atoms with van der Waals surface area (Å²) in [6, 6.07) is 12.2. The van der Waals surface area contributed by atoms with Crippen molar-refractivity contribution in [2.24, 2.45) is 5.92 Å². The number of unbranched alkanes of at least 4 members (excludes halogenated alkanes) is 4. The molecule has 1 aromatic rings. The van der Waals surface area contributed by atoms with E-state index in [2.05, 4.69) is 49.5 Å². The van der Waals surface area contributed by atoms with E-state index in [1.165, 1.54) is 56.9 Å². The number of benzene rings is 1. The van der Waals surface area contributed by atoms with Gasteiger partial charge in [0.25, 0.3) is 0 Å². The van der Waals surface area contributed by atoms with Crippen LogP contribution in [-0.4, -0.2) is 6.04 Å². The van der Waals surface area contributed by atoms with Crippen LogP contribution in [0.25, 0.3) is 0 Å². The maximum absolute atomic E-state index is 3.89. The van der Waals surface area contributed by atoms with Gasteiger partial charge in [0, 0.05) is 12.1 Å². The zero-order valence-corrected chi connectivity index (χ0v) is 13.3. The minimum absolute atomic E-state index is 0.585. The first-order chi connectivity index (χ1) is 9.81. The van der Waals surface area contributed by atoms with Gasteiger partial charge < -0.3 is 5.32 Å². The van der Waals surface area contributed by atoms with Gasteiger partial charge in [-0.15, -0.1) is 0 Å². The van der Waals surface area contributed by atoms with Crippen LogP contribution in [0.1, 0.15) is 76.8 Å². The van der Waals surface area contributed by atoms with Crippen molar-refractivity contribution in [2.75, 3.05) is 0 Å². The van der Waals surface area contributed by atoms with Gasteiger partial charge in [0.2, 0.25) is 0 Å². The third-order valence-electron chi connectivity index (χ3n) is 4.46. The fourth-order valence-corrected chi connectivity index (χ4v) is 3.04. The number of hydrogen-bond acceptors (Lipinski definition) is 1. The van der Waals surface area contributed by atoms with Crippen LogP contribution in [0.4, 0.5) is 0 Å². The lowest BCUT2D eigenvalue weighted by molar-refractivity contribution is 0.393. The number of rotatable bonds is 10. The smallest absolute Gasteiger partial charge is 0.0350 e. The second-order valence-electron chi connectivity index (χ2n) is 6.50. The van der Waals surface area contributed by atoms with Gasteiger partial charge in [-0.1, -0.05) is 69.4 Å². The van der Waals surface area contributed by atoms with Crippen LogP contribution in [0.3, 0.4) is 0 Å². The maximum Gasteiger partial charge on any atom is 0.0350 e. The molecule has 1 aliphatic carbocycles. The summed E-state index contributed by atoms with van der Waals surface area (Å²) in [5, 5.41) is 3.89. The average molecular weight is 273 g/mol. The molecule has 1 aromatic carbocycles. The SMILES string of the molecule is CCCCCCCC(C)NC(c1ccccc1)C1CC1. The molecule has 2 atom stereocenters. The Morgan fingerprint density at radius 1 is 1.05 bits per heavy atom. The standard InChI is InChI=1S/C19H31N/c1-3-4-5-6-8-11-16(2)20-19(18-14-15-18)17-12-9-7-10-13-17/h7,9-10,12-13,16,18-20H,3-6,8,11,14-15H2,1-2H3. The number of hydrogen-bond donors (Lipinski definition) is 1. The highest BCUT2D eigenvalue weighted by atomic mass is 15.0. The molecule has 112 valence electrons. The van der Waals surface area contributed by atoms with Gasteiger partial charge in [-0.05, 0) is 37.7 Å². The summed E-state index contributed by atoms with van der Waals surface area (Å²) >= 11 is 0. The molecule has 1 aliphatic rings. The molecule has 0 radical (unpaired) electrons. The molecule has 0 spiro atoms. The molecule has 1 saturated carbocycles.